The molecular weight excluding hydrogens is 232 g/mol. The average Bonchev–Trinajstić information content (AvgIpc) is 2.37. The molecule has 0 aromatic heterocycles. The summed E-state index contributed by atoms with van der Waals surface area (Å²) in [7, 11) is 0. The second-order valence-electron chi connectivity index (χ2n) is 4.50. The minimum Gasteiger partial charge on any atom is -0.399 e. The SMILES string of the molecule is Nc1ccc2c(c1)CCC(=O)N2C(CO)CCO. The number of benzene rings is 1. The van der Waals surface area contributed by atoms with E-state index < -0.39 is 0 Å². The van der Waals surface area contributed by atoms with Crippen LogP contribution in [0.3, 0.4) is 0 Å². The van der Waals surface area contributed by atoms with Gasteiger partial charge in [0, 0.05) is 24.4 Å². The van der Waals surface area contributed by atoms with Crippen molar-refractivity contribution < 1.29 is 15.0 Å². The summed E-state index contributed by atoms with van der Waals surface area (Å²) in [5.74, 6) is -0.0141. The van der Waals surface area contributed by atoms with E-state index in [1.165, 1.54) is 0 Å². The smallest absolute Gasteiger partial charge is 0.227 e. The third kappa shape index (κ3) is 2.32. The van der Waals surface area contributed by atoms with Gasteiger partial charge in [0.25, 0.3) is 0 Å². The predicted molar refractivity (Wildman–Crippen MR) is 69.2 cm³/mol. The van der Waals surface area contributed by atoms with Crippen LogP contribution < -0.4 is 10.6 Å². The molecule has 1 aliphatic rings. The van der Waals surface area contributed by atoms with Crippen molar-refractivity contribution in [2.75, 3.05) is 23.8 Å². The Hall–Kier alpha value is -1.59. The van der Waals surface area contributed by atoms with E-state index >= 15 is 0 Å². The van der Waals surface area contributed by atoms with Gasteiger partial charge in [0.15, 0.2) is 0 Å². The number of fused-ring (bicyclic) bond motifs is 1. The Balaban J connectivity index is 2.38. The number of aliphatic hydroxyl groups excluding tert-OH is 2. The van der Waals surface area contributed by atoms with Gasteiger partial charge in [0.2, 0.25) is 5.91 Å². The fourth-order valence-corrected chi connectivity index (χ4v) is 2.39. The highest BCUT2D eigenvalue weighted by molar-refractivity contribution is 5.97. The summed E-state index contributed by atoms with van der Waals surface area (Å²) >= 11 is 0. The normalized spacial score (nSPS) is 16.6. The molecule has 5 heteroatoms. The zero-order valence-electron chi connectivity index (χ0n) is 10.2. The molecule has 18 heavy (non-hydrogen) atoms. The number of nitrogens with zero attached hydrogens (tertiary/aromatic N) is 1. The van der Waals surface area contributed by atoms with E-state index in [2.05, 4.69) is 0 Å². The molecule has 1 aromatic carbocycles. The van der Waals surface area contributed by atoms with Crippen LogP contribution in [0.25, 0.3) is 0 Å². The second-order valence-corrected chi connectivity index (χ2v) is 4.50. The molecular formula is C13H18N2O3. The molecule has 2 rings (SSSR count). The van der Waals surface area contributed by atoms with Gasteiger partial charge in [0.05, 0.1) is 12.6 Å². The fourth-order valence-electron chi connectivity index (χ4n) is 2.39. The molecule has 0 radical (unpaired) electrons. The Morgan fingerprint density at radius 2 is 2.11 bits per heavy atom. The molecule has 98 valence electrons. The maximum Gasteiger partial charge on any atom is 0.227 e. The van der Waals surface area contributed by atoms with Crippen molar-refractivity contribution in [2.24, 2.45) is 0 Å². The highest BCUT2D eigenvalue weighted by atomic mass is 16.3. The van der Waals surface area contributed by atoms with Gasteiger partial charge in [-0.05, 0) is 36.6 Å². The van der Waals surface area contributed by atoms with Crippen molar-refractivity contribution in [3.8, 4) is 0 Å². The van der Waals surface area contributed by atoms with Crippen molar-refractivity contribution in [3.63, 3.8) is 0 Å². The minimum atomic E-state index is -0.370. The van der Waals surface area contributed by atoms with Crippen molar-refractivity contribution >= 4 is 17.3 Å². The molecule has 1 heterocycles. The number of aryl methyl sites for hydroxylation is 1. The van der Waals surface area contributed by atoms with Crippen LogP contribution in [-0.2, 0) is 11.2 Å². The lowest BCUT2D eigenvalue weighted by atomic mass is 9.98. The number of carbonyl (C=O) groups excluding carboxylic acids is 1. The number of nitrogens with two attached hydrogens (primary N) is 1. The molecule has 1 aliphatic heterocycles. The maximum atomic E-state index is 12.0. The van der Waals surface area contributed by atoms with Gasteiger partial charge in [-0.25, -0.2) is 0 Å². The van der Waals surface area contributed by atoms with E-state index in [1.807, 2.05) is 12.1 Å². The monoisotopic (exact) mass is 250 g/mol. The van der Waals surface area contributed by atoms with Crippen LogP contribution in [0, 0.1) is 0 Å². The molecule has 1 atom stereocenters. The molecule has 1 amide bonds. The zero-order chi connectivity index (χ0) is 13.1. The van der Waals surface area contributed by atoms with Gasteiger partial charge in [-0.3, -0.25) is 4.79 Å². The molecule has 0 aliphatic carbocycles. The molecule has 1 unspecified atom stereocenters. The summed E-state index contributed by atoms with van der Waals surface area (Å²) in [5.41, 5.74) is 8.23. The fraction of sp³-hybridized carbons (Fsp3) is 0.462. The molecule has 0 saturated heterocycles. The van der Waals surface area contributed by atoms with Crippen LogP contribution in [-0.4, -0.2) is 35.4 Å². The van der Waals surface area contributed by atoms with Gasteiger partial charge in [-0.2, -0.15) is 0 Å². The minimum absolute atomic E-state index is 0.0141. The summed E-state index contributed by atoms with van der Waals surface area (Å²) in [6.45, 7) is -0.213. The third-order valence-electron chi connectivity index (χ3n) is 3.28. The first-order valence-corrected chi connectivity index (χ1v) is 6.09. The quantitative estimate of drug-likeness (QED) is 0.670. The Bertz CT molecular complexity index is 448. The van der Waals surface area contributed by atoms with E-state index in [0.29, 0.717) is 24.9 Å². The number of hydrogen-bond donors (Lipinski definition) is 3. The molecule has 0 spiro atoms. The van der Waals surface area contributed by atoms with Crippen LogP contribution in [0.5, 0.6) is 0 Å². The van der Waals surface area contributed by atoms with Crippen molar-refractivity contribution in [2.45, 2.75) is 25.3 Å². The lowest BCUT2D eigenvalue weighted by molar-refractivity contribution is -0.119. The Kier molecular flexibility index (Phi) is 3.84. The summed E-state index contributed by atoms with van der Waals surface area (Å²) in [6.07, 6.45) is 1.46. The van der Waals surface area contributed by atoms with Gasteiger partial charge < -0.3 is 20.8 Å². The molecule has 0 saturated carbocycles. The van der Waals surface area contributed by atoms with Crippen LogP contribution in [0.2, 0.25) is 0 Å². The van der Waals surface area contributed by atoms with E-state index in [-0.39, 0.29) is 25.2 Å². The van der Waals surface area contributed by atoms with Crippen molar-refractivity contribution in [3.05, 3.63) is 23.8 Å². The highest BCUT2D eigenvalue weighted by Crippen LogP contribution is 2.31. The molecule has 4 N–H and O–H groups in total. The van der Waals surface area contributed by atoms with Gasteiger partial charge in [-0.15, -0.1) is 0 Å². The van der Waals surface area contributed by atoms with E-state index in [0.717, 1.165) is 11.3 Å². The van der Waals surface area contributed by atoms with E-state index in [1.54, 1.807) is 11.0 Å². The first-order valence-electron chi connectivity index (χ1n) is 6.09. The summed E-state index contributed by atoms with van der Waals surface area (Å²) in [6, 6.07) is 5.05. The summed E-state index contributed by atoms with van der Waals surface area (Å²) in [5, 5.41) is 18.4. The number of hydrogen-bond acceptors (Lipinski definition) is 4. The number of rotatable bonds is 4. The Morgan fingerprint density at radius 1 is 1.33 bits per heavy atom. The zero-order valence-corrected chi connectivity index (χ0v) is 10.2. The molecule has 1 aromatic rings. The van der Waals surface area contributed by atoms with Crippen molar-refractivity contribution in [1.82, 2.24) is 0 Å². The topological polar surface area (TPSA) is 86.8 Å². The maximum absolute atomic E-state index is 12.0. The molecule has 0 bridgehead atoms. The van der Waals surface area contributed by atoms with E-state index in [9.17, 15) is 9.90 Å². The second kappa shape index (κ2) is 5.37. The summed E-state index contributed by atoms with van der Waals surface area (Å²) in [4.78, 5) is 13.6. The molecule has 0 fully saturated rings. The standard InChI is InChI=1S/C13H18N2O3/c14-10-2-3-12-9(7-10)1-4-13(18)15(12)11(8-17)5-6-16/h2-3,7,11,16-17H,1,4-6,8,14H2. The van der Waals surface area contributed by atoms with E-state index in [4.69, 9.17) is 10.8 Å². The van der Waals surface area contributed by atoms with Crippen LogP contribution in [0.4, 0.5) is 11.4 Å². The summed E-state index contributed by atoms with van der Waals surface area (Å²) < 4.78 is 0. The van der Waals surface area contributed by atoms with Gasteiger partial charge in [0.1, 0.15) is 0 Å². The van der Waals surface area contributed by atoms with Gasteiger partial charge in [-0.1, -0.05) is 0 Å². The van der Waals surface area contributed by atoms with Gasteiger partial charge >= 0.3 is 0 Å². The van der Waals surface area contributed by atoms with Crippen LogP contribution in [0.1, 0.15) is 18.4 Å². The number of amides is 1. The Labute approximate surface area is 106 Å². The first kappa shape index (κ1) is 12.9. The average molecular weight is 250 g/mol. The predicted octanol–water partition coefficient (Wildman–Crippen LogP) is 0.291. The highest BCUT2D eigenvalue weighted by Gasteiger charge is 2.29. The number of carbonyl (C=O) groups is 1. The largest absolute Gasteiger partial charge is 0.399 e. The first-order chi connectivity index (χ1) is 8.67. The molecule has 5 nitrogen and oxygen atoms in total. The van der Waals surface area contributed by atoms with Crippen LogP contribution in [0.15, 0.2) is 18.2 Å². The van der Waals surface area contributed by atoms with Crippen LogP contribution >= 0.6 is 0 Å². The number of aliphatic hydroxyl groups is 2. The number of anilines is 2. The van der Waals surface area contributed by atoms with Crippen molar-refractivity contribution in [1.29, 1.82) is 0 Å². The lowest BCUT2D eigenvalue weighted by Crippen LogP contribution is -2.45. The lowest BCUT2D eigenvalue weighted by Gasteiger charge is -2.35. The third-order valence-corrected chi connectivity index (χ3v) is 3.28. The Morgan fingerprint density at radius 3 is 2.78 bits per heavy atom. The number of nitrogen functional groups attached to an aromatic ring is 1.